The lowest BCUT2D eigenvalue weighted by molar-refractivity contribution is 0.0925. The van der Waals surface area contributed by atoms with Gasteiger partial charge in [-0.1, -0.05) is 35.8 Å². The van der Waals surface area contributed by atoms with E-state index in [-0.39, 0.29) is 11.9 Å². The number of carbonyl (C=O) groups excluding carboxylic acids is 1. The van der Waals surface area contributed by atoms with Gasteiger partial charge in [-0.3, -0.25) is 9.78 Å². The maximum atomic E-state index is 12.3. The summed E-state index contributed by atoms with van der Waals surface area (Å²) in [6.07, 6.45) is 2.69. The quantitative estimate of drug-likeness (QED) is 0.845. The Balaban J connectivity index is 2.18. The first-order valence-electron chi connectivity index (χ1n) is 6.83. The highest BCUT2D eigenvalue weighted by atomic mass is 79.9. The number of benzene rings is 1. The van der Waals surface area contributed by atoms with Gasteiger partial charge in [0.15, 0.2) is 0 Å². The van der Waals surface area contributed by atoms with Crippen molar-refractivity contribution in [3.63, 3.8) is 0 Å². The Hall–Kier alpha value is -1.42. The molecule has 0 fully saturated rings. The molecule has 0 spiro atoms. The van der Waals surface area contributed by atoms with Crippen molar-refractivity contribution in [2.24, 2.45) is 5.92 Å². The van der Waals surface area contributed by atoms with Gasteiger partial charge in [0.1, 0.15) is 0 Å². The molecule has 1 aromatic heterocycles. The summed E-state index contributed by atoms with van der Waals surface area (Å²) in [5, 5.41) is 4.98. The molecule has 4 heteroatoms. The van der Waals surface area contributed by atoms with Gasteiger partial charge >= 0.3 is 0 Å². The molecule has 0 bridgehead atoms. The fourth-order valence-electron chi connectivity index (χ4n) is 2.16. The zero-order valence-corrected chi connectivity index (χ0v) is 13.4. The predicted octanol–water partition coefficient (Wildman–Crippen LogP) is 3.77. The van der Waals surface area contributed by atoms with E-state index in [2.05, 4.69) is 40.1 Å². The summed E-state index contributed by atoms with van der Waals surface area (Å²) in [6, 6.07) is 9.65. The molecule has 3 nitrogen and oxygen atoms in total. The van der Waals surface area contributed by atoms with Gasteiger partial charge in [0, 0.05) is 28.5 Å². The summed E-state index contributed by atoms with van der Waals surface area (Å²) in [6.45, 7) is 4.25. The van der Waals surface area contributed by atoms with E-state index in [0.29, 0.717) is 11.5 Å². The van der Waals surface area contributed by atoms with Gasteiger partial charge < -0.3 is 5.32 Å². The van der Waals surface area contributed by atoms with E-state index in [1.165, 1.54) is 0 Å². The number of nitrogens with zero attached hydrogens (tertiary/aromatic N) is 1. The summed E-state index contributed by atoms with van der Waals surface area (Å²) in [7, 11) is 0. The summed E-state index contributed by atoms with van der Waals surface area (Å²) in [4.78, 5) is 16.6. The summed E-state index contributed by atoms with van der Waals surface area (Å²) < 4.78 is 0. The number of rotatable bonds is 5. The summed E-state index contributed by atoms with van der Waals surface area (Å²) in [5.74, 6) is 0.397. The van der Waals surface area contributed by atoms with Crippen molar-refractivity contribution in [2.75, 3.05) is 5.33 Å². The lowest BCUT2D eigenvalue weighted by Crippen LogP contribution is -2.38. The smallest absolute Gasteiger partial charge is 0.251 e. The maximum Gasteiger partial charge on any atom is 0.251 e. The molecule has 1 N–H and O–H groups in total. The molecule has 1 aromatic carbocycles. The summed E-state index contributed by atoms with van der Waals surface area (Å²) >= 11 is 3.44. The molecule has 0 saturated heterocycles. The third kappa shape index (κ3) is 3.57. The molecule has 20 heavy (non-hydrogen) atoms. The Bertz CT molecular complexity index is 598. The molecule has 106 valence electrons. The average Bonchev–Trinajstić information content (AvgIpc) is 2.46. The fraction of sp³-hybridized carbons (Fsp3) is 0.375. The molecule has 0 aliphatic rings. The van der Waals surface area contributed by atoms with Crippen LogP contribution in [0.15, 0.2) is 36.5 Å². The van der Waals surface area contributed by atoms with E-state index in [1.807, 2.05) is 30.3 Å². The third-order valence-electron chi connectivity index (χ3n) is 3.41. The molecule has 1 unspecified atom stereocenters. The van der Waals surface area contributed by atoms with Crippen molar-refractivity contribution in [1.82, 2.24) is 10.3 Å². The molecule has 2 aromatic rings. The van der Waals surface area contributed by atoms with Crippen LogP contribution >= 0.6 is 15.9 Å². The van der Waals surface area contributed by atoms with E-state index in [1.54, 1.807) is 6.20 Å². The Morgan fingerprint density at radius 3 is 2.85 bits per heavy atom. The molecule has 1 amide bonds. The minimum atomic E-state index is -0.0181. The first-order valence-corrected chi connectivity index (χ1v) is 7.95. The van der Waals surface area contributed by atoms with Crippen molar-refractivity contribution in [3.8, 4) is 0 Å². The minimum Gasteiger partial charge on any atom is -0.349 e. The van der Waals surface area contributed by atoms with Crippen LogP contribution in [0.25, 0.3) is 10.9 Å². The fourth-order valence-corrected chi connectivity index (χ4v) is 2.65. The van der Waals surface area contributed by atoms with Gasteiger partial charge in [0.05, 0.1) is 5.52 Å². The predicted molar refractivity (Wildman–Crippen MR) is 86.2 cm³/mol. The molecular formula is C16H19BrN2O. The topological polar surface area (TPSA) is 42.0 Å². The van der Waals surface area contributed by atoms with E-state index in [0.717, 1.165) is 22.7 Å². The van der Waals surface area contributed by atoms with Crippen molar-refractivity contribution in [2.45, 2.75) is 26.3 Å². The molecule has 1 atom stereocenters. The van der Waals surface area contributed by atoms with Crippen LogP contribution in [0.3, 0.4) is 0 Å². The number of amides is 1. The Morgan fingerprint density at radius 2 is 2.15 bits per heavy atom. The van der Waals surface area contributed by atoms with E-state index in [4.69, 9.17) is 0 Å². The number of carbonyl (C=O) groups is 1. The van der Waals surface area contributed by atoms with Crippen LogP contribution in [0, 0.1) is 5.92 Å². The molecule has 0 aliphatic carbocycles. The number of halogens is 1. The average molecular weight is 335 g/mol. The number of aromatic nitrogens is 1. The van der Waals surface area contributed by atoms with Crippen LogP contribution < -0.4 is 5.32 Å². The highest BCUT2D eigenvalue weighted by molar-refractivity contribution is 9.09. The molecule has 0 radical (unpaired) electrons. The molecule has 0 saturated carbocycles. The first kappa shape index (κ1) is 15.0. The van der Waals surface area contributed by atoms with Crippen LogP contribution in [0.2, 0.25) is 0 Å². The number of fused-ring (bicyclic) bond motifs is 1. The van der Waals surface area contributed by atoms with Gasteiger partial charge in [-0.2, -0.15) is 0 Å². The van der Waals surface area contributed by atoms with E-state index >= 15 is 0 Å². The monoisotopic (exact) mass is 334 g/mol. The van der Waals surface area contributed by atoms with Crippen LogP contribution in [-0.2, 0) is 0 Å². The van der Waals surface area contributed by atoms with Gasteiger partial charge in [-0.15, -0.1) is 0 Å². The Kier molecular flexibility index (Phi) is 5.12. The lowest BCUT2D eigenvalue weighted by atomic mass is 10.0. The van der Waals surface area contributed by atoms with Crippen LogP contribution in [0.5, 0.6) is 0 Å². The molecule has 2 rings (SSSR count). The molecular weight excluding hydrogens is 316 g/mol. The lowest BCUT2D eigenvalue weighted by Gasteiger charge is -2.21. The zero-order chi connectivity index (χ0) is 14.5. The molecule has 1 heterocycles. The highest BCUT2D eigenvalue weighted by Crippen LogP contribution is 2.14. The van der Waals surface area contributed by atoms with Crippen LogP contribution in [0.4, 0.5) is 0 Å². The number of alkyl halides is 1. The van der Waals surface area contributed by atoms with Gasteiger partial charge in [0.2, 0.25) is 0 Å². The van der Waals surface area contributed by atoms with Crippen molar-refractivity contribution < 1.29 is 4.79 Å². The second-order valence-corrected chi connectivity index (χ2v) is 6.01. The van der Waals surface area contributed by atoms with E-state index < -0.39 is 0 Å². The number of pyridine rings is 1. The number of nitrogens with one attached hydrogen (secondary N) is 1. The van der Waals surface area contributed by atoms with Crippen molar-refractivity contribution in [1.29, 1.82) is 0 Å². The second-order valence-electron chi connectivity index (χ2n) is 5.21. The highest BCUT2D eigenvalue weighted by Gasteiger charge is 2.16. The standard InChI is InChI=1S/C16H19BrN2O/c1-11(2)14(7-8-17)19-16(20)13-5-6-15-12(10-13)4-3-9-18-15/h3-6,9-11,14H,7-8H2,1-2H3,(H,19,20). The zero-order valence-electron chi connectivity index (χ0n) is 11.8. The summed E-state index contributed by atoms with van der Waals surface area (Å²) in [5.41, 5.74) is 1.59. The Labute approximate surface area is 127 Å². The maximum absolute atomic E-state index is 12.3. The number of hydrogen-bond donors (Lipinski definition) is 1. The van der Waals surface area contributed by atoms with Crippen molar-refractivity contribution in [3.05, 3.63) is 42.1 Å². The van der Waals surface area contributed by atoms with Gasteiger partial charge in [-0.25, -0.2) is 0 Å². The largest absolute Gasteiger partial charge is 0.349 e. The normalized spacial score (nSPS) is 12.6. The van der Waals surface area contributed by atoms with Gasteiger partial charge in [0.25, 0.3) is 5.91 Å². The number of hydrogen-bond acceptors (Lipinski definition) is 2. The van der Waals surface area contributed by atoms with Crippen LogP contribution in [-0.4, -0.2) is 22.3 Å². The molecule has 0 aliphatic heterocycles. The van der Waals surface area contributed by atoms with Crippen molar-refractivity contribution >= 4 is 32.7 Å². The van der Waals surface area contributed by atoms with Gasteiger partial charge in [-0.05, 0) is 36.6 Å². The SMILES string of the molecule is CC(C)C(CCBr)NC(=O)c1ccc2ncccc2c1. The van der Waals surface area contributed by atoms with Crippen LogP contribution in [0.1, 0.15) is 30.6 Å². The third-order valence-corrected chi connectivity index (χ3v) is 3.86. The van der Waals surface area contributed by atoms with E-state index in [9.17, 15) is 4.79 Å². The second kappa shape index (κ2) is 6.84. The Morgan fingerprint density at radius 1 is 1.35 bits per heavy atom. The minimum absolute atomic E-state index is 0.0181. The first-order chi connectivity index (χ1) is 9.61.